The van der Waals surface area contributed by atoms with Gasteiger partial charge in [0.15, 0.2) is 5.60 Å². The van der Waals surface area contributed by atoms with Crippen LogP contribution < -0.4 is 9.47 Å². The highest BCUT2D eigenvalue weighted by Crippen LogP contribution is 2.31. The van der Waals surface area contributed by atoms with E-state index in [0.717, 1.165) is 12.0 Å². The van der Waals surface area contributed by atoms with E-state index in [0.29, 0.717) is 29.5 Å². The summed E-state index contributed by atoms with van der Waals surface area (Å²) in [6, 6.07) is 14.1. The van der Waals surface area contributed by atoms with Gasteiger partial charge in [-0.15, -0.1) is 0 Å². The largest absolute Gasteiger partial charge is 0.491 e. The fourth-order valence-corrected chi connectivity index (χ4v) is 3.25. The first-order valence-electron chi connectivity index (χ1n) is 9.12. The highest BCUT2D eigenvalue weighted by Gasteiger charge is 2.42. The molecule has 6 nitrogen and oxygen atoms in total. The summed E-state index contributed by atoms with van der Waals surface area (Å²) in [5, 5.41) is 20.2. The van der Waals surface area contributed by atoms with Crippen LogP contribution in [0, 0.1) is 0 Å². The minimum absolute atomic E-state index is 0.0532. The molecular weight excluding hydrogens is 384 g/mol. The molecule has 1 aliphatic heterocycles. The fraction of sp³-hybridized carbons (Fsp3) is 0.381. The van der Waals surface area contributed by atoms with Crippen molar-refractivity contribution in [3.8, 4) is 11.5 Å². The SMILES string of the molecule is O=C(O)C1(Cc2cccc(OCC(O)COc3ccc(Cl)cc3)c2)CCCO1. The molecule has 0 amide bonds. The van der Waals surface area contributed by atoms with Gasteiger partial charge in [0.05, 0.1) is 0 Å². The lowest BCUT2D eigenvalue weighted by molar-refractivity contribution is -0.159. The number of aliphatic hydroxyl groups is 1. The summed E-state index contributed by atoms with van der Waals surface area (Å²) in [5.41, 5.74) is -0.349. The van der Waals surface area contributed by atoms with E-state index >= 15 is 0 Å². The number of halogens is 1. The Balaban J connectivity index is 1.51. The van der Waals surface area contributed by atoms with Crippen LogP contribution in [0.5, 0.6) is 11.5 Å². The van der Waals surface area contributed by atoms with Crippen molar-refractivity contribution in [1.29, 1.82) is 0 Å². The first-order valence-corrected chi connectivity index (χ1v) is 9.50. The van der Waals surface area contributed by atoms with Crippen LogP contribution in [0.1, 0.15) is 18.4 Å². The summed E-state index contributed by atoms with van der Waals surface area (Å²) < 4.78 is 16.6. The van der Waals surface area contributed by atoms with Gasteiger partial charge in [-0.25, -0.2) is 4.79 Å². The molecule has 0 bridgehead atoms. The third-order valence-corrected chi connectivity index (χ3v) is 4.83. The van der Waals surface area contributed by atoms with Crippen molar-refractivity contribution in [3.05, 3.63) is 59.1 Å². The van der Waals surface area contributed by atoms with Gasteiger partial charge in [-0.3, -0.25) is 0 Å². The Bertz CT molecular complexity index is 786. The number of carboxylic acid groups (broad SMARTS) is 1. The predicted molar refractivity (Wildman–Crippen MR) is 104 cm³/mol. The van der Waals surface area contributed by atoms with E-state index in [1.54, 1.807) is 42.5 Å². The molecular formula is C21H23ClO6. The maximum absolute atomic E-state index is 11.6. The third-order valence-electron chi connectivity index (χ3n) is 4.58. The van der Waals surface area contributed by atoms with Crippen LogP contribution in [0.25, 0.3) is 0 Å². The molecule has 2 aromatic carbocycles. The summed E-state index contributed by atoms with van der Waals surface area (Å²) in [7, 11) is 0. The van der Waals surface area contributed by atoms with Crippen LogP contribution >= 0.6 is 11.6 Å². The lowest BCUT2D eigenvalue weighted by atomic mass is 9.91. The smallest absolute Gasteiger partial charge is 0.336 e. The Labute approximate surface area is 168 Å². The second kappa shape index (κ2) is 9.28. The highest BCUT2D eigenvalue weighted by molar-refractivity contribution is 6.30. The molecule has 1 fully saturated rings. The number of aliphatic hydroxyl groups excluding tert-OH is 1. The van der Waals surface area contributed by atoms with Crippen LogP contribution in [0.3, 0.4) is 0 Å². The Kier molecular flexibility index (Phi) is 6.78. The number of ether oxygens (including phenoxy) is 3. The van der Waals surface area contributed by atoms with E-state index in [-0.39, 0.29) is 19.6 Å². The molecule has 0 aliphatic carbocycles. The molecule has 1 heterocycles. The average Bonchev–Trinajstić information content (AvgIpc) is 3.16. The van der Waals surface area contributed by atoms with Crippen molar-refractivity contribution in [1.82, 2.24) is 0 Å². The molecule has 2 atom stereocenters. The highest BCUT2D eigenvalue weighted by atomic mass is 35.5. The molecule has 1 aliphatic rings. The van der Waals surface area contributed by atoms with Crippen LogP contribution in [0.4, 0.5) is 0 Å². The maximum Gasteiger partial charge on any atom is 0.336 e. The van der Waals surface area contributed by atoms with E-state index in [1.165, 1.54) is 0 Å². The molecule has 2 N–H and O–H groups in total. The van der Waals surface area contributed by atoms with Crippen molar-refractivity contribution < 1.29 is 29.2 Å². The van der Waals surface area contributed by atoms with Crippen LogP contribution in [-0.2, 0) is 16.0 Å². The zero-order valence-electron chi connectivity index (χ0n) is 15.3. The standard InChI is InChI=1S/C21H23ClO6/c22-16-5-7-18(8-6-16)26-13-17(23)14-27-19-4-1-3-15(11-19)12-21(20(24)25)9-2-10-28-21/h1,3-8,11,17,23H,2,9-10,12-14H2,(H,24,25). The number of carbonyl (C=O) groups is 1. The Hall–Kier alpha value is -2.28. The lowest BCUT2D eigenvalue weighted by Crippen LogP contribution is -2.40. The second-order valence-electron chi connectivity index (χ2n) is 6.81. The number of hydrogen-bond donors (Lipinski definition) is 2. The maximum atomic E-state index is 11.6. The first kappa shape index (κ1) is 20.5. The summed E-state index contributed by atoms with van der Waals surface area (Å²) in [6.45, 7) is 0.594. The van der Waals surface area contributed by atoms with Gasteiger partial charge in [-0.1, -0.05) is 23.7 Å². The van der Waals surface area contributed by atoms with E-state index in [4.69, 9.17) is 25.8 Å². The molecule has 0 spiro atoms. The van der Waals surface area contributed by atoms with Crippen molar-refractivity contribution in [2.75, 3.05) is 19.8 Å². The monoisotopic (exact) mass is 406 g/mol. The Morgan fingerprint density at radius 2 is 1.86 bits per heavy atom. The summed E-state index contributed by atoms with van der Waals surface area (Å²) >= 11 is 5.82. The van der Waals surface area contributed by atoms with Gasteiger partial charge in [-0.05, 0) is 54.8 Å². The van der Waals surface area contributed by atoms with Crippen molar-refractivity contribution in [3.63, 3.8) is 0 Å². The van der Waals surface area contributed by atoms with E-state index < -0.39 is 17.7 Å². The van der Waals surface area contributed by atoms with Gasteiger partial charge >= 0.3 is 5.97 Å². The normalized spacial score (nSPS) is 19.9. The van der Waals surface area contributed by atoms with Gasteiger partial charge < -0.3 is 24.4 Å². The van der Waals surface area contributed by atoms with Crippen molar-refractivity contribution in [2.24, 2.45) is 0 Å². The molecule has 3 rings (SSSR count). The Morgan fingerprint density at radius 3 is 2.50 bits per heavy atom. The molecule has 2 aromatic rings. The van der Waals surface area contributed by atoms with Crippen LogP contribution in [0.15, 0.2) is 48.5 Å². The fourth-order valence-electron chi connectivity index (χ4n) is 3.12. The van der Waals surface area contributed by atoms with Crippen molar-refractivity contribution >= 4 is 17.6 Å². The molecule has 28 heavy (non-hydrogen) atoms. The molecule has 0 radical (unpaired) electrons. The van der Waals surface area contributed by atoms with Gasteiger partial charge in [0.25, 0.3) is 0 Å². The zero-order chi connectivity index (χ0) is 20.0. The van der Waals surface area contributed by atoms with Gasteiger partial charge in [0.1, 0.15) is 30.8 Å². The lowest BCUT2D eigenvalue weighted by Gasteiger charge is -2.23. The van der Waals surface area contributed by atoms with E-state index in [1.807, 2.05) is 6.07 Å². The van der Waals surface area contributed by atoms with Gasteiger partial charge in [0, 0.05) is 18.1 Å². The minimum atomic E-state index is -1.16. The molecule has 2 unspecified atom stereocenters. The predicted octanol–water partition coefficient (Wildman–Crippen LogP) is 3.34. The number of aliphatic carboxylic acids is 1. The minimum Gasteiger partial charge on any atom is -0.491 e. The first-order chi connectivity index (χ1) is 13.5. The molecule has 0 aromatic heterocycles. The Morgan fingerprint density at radius 1 is 1.14 bits per heavy atom. The van der Waals surface area contributed by atoms with Crippen molar-refractivity contribution in [2.45, 2.75) is 31.0 Å². The number of carboxylic acids is 1. The topological polar surface area (TPSA) is 85.2 Å². The van der Waals surface area contributed by atoms with Gasteiger partial charge in [0.2, 0.25) is 0 Å². The van der Waals surface area contributed by atoms with E-state index in [9.17, 15) is 15.0 Å². The number of hydrogen-bond acceptors (Lipinski definition) is 5. The molecule has 150 valence electrons. The molecule has 7 heteroatoms. The zero-order valence-corrected chi connectivity index (χ0v) is 16.1. The second-order valence-corrected chi connectivity index (χ2v) is 7.24. The molecule has 0 saturated carbocycles. The third kappa shape index (κ3) is 5.38. The molecule has 1 saturated heterocycles. The quantitative estimate of drug-likeness (QED) is 0.664. The number of rotatable bonds is 9. The average molecular weight is 407 g/mol. The summed E-state index contributed by atoms with van der Waals surface area (Å²) in [5.74, 6) is 0.230. The summed E-state index contributed by atoms with van der Waals surface area (Å²) in [4.78, 5) is 11.6. The number of benzene rings is 2. The summed E-state index contributed by atoms with van der Waals surface area (Å²) in [6.07, 6.45) is 0.695. The van der Waals surface area contributed by atoms with Crippen LogP contribution in [-0.4, -0.2) is 47.7 Å². The van der Waals surface area contributed by atoms with Gasteiger partial charge in [-0.2, -0.15) is 0 Å². The van der Waals surface area contributed by atoms with E-state index in [2.05, 4.69) is 0 Å². The van der Waals surface area contributed by atoms with Crippen LogP contribution in [0.2, 0.25) is 5.02 Å².